The standard InChI is InChI=1S/C14H23N3O2S2/c1-17(2)21(18,19)11-5-6-12(15)13(9-11)16-10-14(20-3)7-4-8-14/h5-6,9,16H,4,7-8,10,15H2,1-3H3. The minimum Gasteiger partial charge on any atom is -0.397 e. The van der Waals surface area contributed by atoms with Gasteiger partial charge in [0.05, 0.1) is 16.3 Å². The largest absolute Gasteiger partial charge is 0.397 e. The Labute approximate surface area is 131 Å². The molecule has 0 radical (unpaired) electrons. The second-order valence-corrected chi connectivity index (χ2v) is 9.06. The first kappa shape index (κ1) is 16.5. The van der Waals surface area contributed by atoms with Crippen molar-refractivity contribution in [2.45, 2.75) is 28.9 Å². The van der Waals surface area contributed by atoms with Crippen molar-refractivity contribution in [1.29, 1.82) is 0 Å². The average molecular weight is 329 g/mol. The molecule has 0 unspecified atom stereocenters. The Kier molecular flexibility index (Phi) is 4.75. The van der Waals surface area contributed by atoms with Crippen molar-refractivity contribution in [3.63, 3.8) is 0 Å². The summed E-state index contributed by atoms with van der Waals surface area (Å²) in [5.74, 6) is 0. The molecule has 3 N–H and O–H groups in total. The smallest absolute Gasteiger partial charge is 0.242 e. The Morgan fingerprint density at radius 1 is 1.38 bits per heavy atom. The number of benzene rings is 1. The van der Waals surface area contributed by atoms with Gasteiger partial charge in [-0.25, -0.2) is 12.7 Å². The molecule has 1 saturated carbocycles. The highest BCUT2D eigenvalue weighted by molar-refractivity contribution is 8.00. The molecule has 5 nitrogen and oxygen atoms in total. The number of hydrogen-bond acceptors (Lipinski definition) is 5. The summed E-state index contributed by atoms with van der Waals surface area (Å²) in [6.07, 6.45) is 5.76. The minimum absolute atomic E-state index is 0.260. The number of anilines is 2. The Morgan fingerprint density at radius 3 is 2.52 bits per heavy atom. The second kappa shape index (κ2) is 6.06. The van der Waals surface area contributed by atoms with E-state index in [1.54, 1.807) is 18.2 Å². The summed E-state index contributed by atoms with van der Waals surface area (Å²) in [6.45, 7) is 0.809. The van der Waals surface area contributed by atoms with Gasteiger partial charge in [-0.3, -0.25) is 0 Å². The van der Waals surface area contributed by atoms with Crippen LogP contribution in [-0.4, -0.2) is 44.4 Å². The second-order valence-electron chi connectivity index (χ2n) is 5.63. The minimum atomic E-state index is -3.43. The van der Waals surface area contributed by atoms with Crippen LogP contribution in [0.15, 0.2) is 23.1 Å². The van der Waals surface area contributed by atoms with Crippen molar-refractivity contribution in [2.75, 3.05) is 37.9 Å². The van der Waals surface area contributed by atoms with E-state index < -0.39 is 10.0 Å². The number of nitrogens with zero attached hydrogens (tertiary/aromatic N) is 1. The first-order valence-electron chi connectivity index (χ1n) is 6.92. The van der Waals surface area contributed by atoms with Gasteiger partial charge in [-0.2, -0.15) is 11.8 Å². The summed E-state index contributed by atoms with van der Waals surface area (Å²) in [4.78, 5) is 0.260. The SMILES string of the molecule is CSC1(CNc2cc(S(=O)(=O)N(C)C)ccc2N)CCC1. The van der Waals surface area contributed by atoms with E-state index >= 15 is 0 Å². The van der Waals surface area contributed by atoms with Crippen LogP contribution in [0.5, 0.6) is 0 Å². The van der Waals surface area contributed by atoms with Crippen molar-refractivity contribution in [2.24, 2.45) is 0 Å². The molecule has 2 rings (SSSR count). The number of hydrogen-bond donors (Lipinski definition) is 2. The van der Waals surface area contributed by atoms with Crippen molar-refractivity contribution < 1.29 is 8.42 Å². The van der Waals surface area contributed by atoms with E-state index in [1.807, 2.05) is 11.8 Å². The molecule has 0 aromatic heterocycles. The average Bonchev–Trinajstić information content (AvgIpc) is 2.39. The van der Waals surface area contributed by atoms with Gasteiger partial charge >= 0.3 is 0 Å². The molecule has 0 bridgehead atoms. The van der Waals surface area contributed by atoms with Gasteiger partial charge in [-0.15, -0.1) is 0 Å². The molecule has 21 heavy (non-hydrogen) atoms. The van der Waals surface area contributed by atoms with Crippen LogP contribution in [0.2, 0.25) is 0 Å². The summed E-state index contributed by atoms with van der Waals surface area (Å²) < 4.78 is 25.8. The lowest BCUT2D eigenvalue weighted by molar-refractivity contribution is 0.380. The normalized spacial score (nSPS) is 17.5. The number of nitrogen functional groups attached to an aromatic ring is 1. The van der Waals surface area contributed by atoms with Gasteiger partial charge in [0, 0.05) is 25.4 Å². The lowest BCUT2D eigenvalue weighted by atomic mass is 9.84. The van der Waals surface area contributed by atoms with E-state index in [0.29, 0.717) is 11.4 Å². The third-order valence-electron chi connectivity index (χ3n) is 4.10. The van der Waals surface area contributed by atoms with Crippen LogP contribution in [0.1, 0.15) is 19.3 Å². The van der Waals surface area contributed by atoms with Crippen LogP contribution in [0.4, 0.5) is 11.4 Å². The Bertz CT molecular complexity index is 605. The molecule has 0 amide bonds. The first-order chi connectivity index (χ1) is 9.81. The van der Waals surface area contributed by atoms with E-state index in [0.717, 1.165) is 6.54 Å². The molecule has 0 aliphatic heterocycles. The fourth-order valence-electron chi connectivity index (χ4n) is 2.34. The molecule has 1 aromatic carbocycles. The van der Waals surface area contributed by atoms with E-state index in [4.69, 9.17) is 5.73 Å². The Hall–Kier alpha value is -0.920. The molecule has 0 spiro atoms. The topological polar surface area (TPSA) is 75.4 Å². The zero-order valence-electron chi connectivity index (χ0n) is 12.7. The van der Waals surface area contributed by atoms with Gasteiger partial charge in [-0.05, 0) is 37.3 Å². The van der Waals surface area contributed by atoms with Gasteiger partial charge in [0.1, 0.15) is 0 Å². The summed E-state index contributed by atoms with van der Waals surface area (Å²) in [5, 5.41) is 3.33. The molecule has 1 aliphatic rings. The molecule has 1 aromatic rings. The van der Waals surface area contributed by atoms with Crippen molar-refractivity contribution >= 4 is 33.2 Å². The maximum atomic E-state index is 12.2. The molecular weight excluding hydrogens is 306 g/mol. The van der Waals surface area contributed by atoms with Crippen molar-refractivity contribution in [3.05, 3.63) is 18.2 Å². The maximum absolute atomic E-state index is 12.2. The number of nitrogens with one attached hydrogen (secondary N) is 1. The molecule has 1 aliphatic carbocycles. The highest BCUT2D eigenvalue weighted by Gasteiger charge is 2.35. The van der Waals surface area contributed by atoms with E-state index in [-0.39, 0.29) is 9.64 Å². The number of thioether (sulfide) groups is 1. The van der Waals surface area contributed by atoms with E-state index in [1.165, 1.54) is 37.7 Å². The molecule has 118 valence electrons. The summed E-state index contributed by atoms with van der Waals surface area (Å²) in [6, 6.07) is 4.81. The van der Waals surface area contributed by atoms with Crippen molar-refractivity contribution in [3.8, 4) is 0 Å². The number of nitrogens with two attached hydrogens (primary N) is 1. The van der Waals surface area contributed by atoms with Crippen LogP contribution < -0.4 is 11.1 Å². The molecule has 1 fully saturated rings. The lowest BCUT2D eigenvalue weighted by Crippen LogP contribution is -2.40. The van der Waals surface area contributed by atoms with Crippen LogP contribution in [0.25, 0.3) is 0 Å². The van der Waals surface area contributed by atoms with Gasteiger partial charge in [0.25, 0.3) is 0 Å². The van der Waals surface area contributed by atoms with Gasteiger partial charge < -0.3 is 11.1 Å². The third kappa shape index (κ3) is 3.30. The molecule has 0 atom stereocenters. The van der Waals surface area contributed by atoms with Crippen molar-refractivity contribution in [1.82, 2.24) is 4.31 Å². The molecule has 0 heterocycles. The van der Waals surface area contributed by atoms with Crippen LogP contribution >= 0.6 is 11.8 Å². The highest BCUT2D eigenvalue weighted by atomic mass is 32.2. The summed E-state index contributed by atoms with van der Waals surface area (Å²) in [7, 11) is -0.387. The number of sulfonamides is 1. The van der Waals surface area contributed by atoms with Gasteiger partial charge in [0.2, 0.25) is 10.0 Å². The monoisotopic (exact) mass is 329 g/mol. The van der Waals surface area contributed by atoms with Crippen LogP contribution in [0.3, 0.4) is 0 Å². The molecule has 0 saturated heterocycles. The zero-order valence-corrected chi connectivity index (χ0v) is 14.4. The van der Waals surface area contributed by atoms with Gasteiger partial charge in [-0.1, -0.05) is 6.42 Å². The summed E-state index contributed by atoms with van der Waals surface area (Å²) >= 11 is 1.87. The fraction of sp³-hybridized carbons (Fsp3) is 0.571. The van der Waals surface area contributed by atoms with E-state index in [9.17, 15) is 8.42 Å². The highest BCUT2D eigenvalue weighted by Crippen LogP contribution is 2.43. The Morgan fingerprint density at radius 2 is 2.05 bits per heavy atom. The molecular formula is C14H23N3O2S2. The zero-order chi connectivity index (χ0) is 15.7. The predicted octanol–water partition coefficient (Wildman–Crippen LogP) is 2.22. The van der Waals surface area contributed by atoms with E-state index in [2.05, 4.69) is 11.6 Å². The predicted molar refractivity (Wildman–Crippen MR) is 90.3 cm³/mol. The van der Waals surface area contributed by atoms with Gasteiger partial charge in [0.15, 0.2) is 0 Å². The quantitative estimate of drug-likeness (QED) is 0.783. The first-order valence-corrected chi connectivity index (χ1v) is 9.58. The molecule has 7 heteroatoms. The number of rotatable bonds is 6. The third-order valence-corrected chi connectivity index (χ3v) is 7.33. The maximum Gasteiger partial charge on any atom is 0.242 e. The summed E-state index contributed by atoms with van der Waals surface area (Å²) in [5.41, 5.74) is 7.23. The van der Waals surface area contributed by atoms with Crippen LogP contribution in [0, 0.1) is 0 Å². The Balaban J connectivity index is 2.20. The van der Waals surface area contributed by atoms with Crippen LogP contribution in [-0.2, 0) is 10.0 Å². The lowest BCUT2D eigenvalue weighted by Gasteiger charge is -2.40. The fourth-order valence-corrected chi connectivity index (χ4v) is 4.18.